The van der Waals surface area contributed by atoms with Crippen LogP contribution in [0.25, 0.3) is 0 Å². The highest BCUT2D eigenvalue weighted by Crippen LogP contribution is 2.33. The maximum absolute atomic E-state index is 13.1. The van der Waals surface area contributed by atoms with E-state index in [0.717, 1.165) is 11.3 Å². The molecule has 1 saturated heterocycles. The molecule has 1 N–H and O–H groups in total. The van der Waals surface area contributed by atoms with Crippen LogP contribution >= 0.6 is 0 Å². The molecule has 27 heavy (non-hydrogen) atoms. The fraction of sp³-hybridized carbons (Fsp3) is 0.381. The minimum absolute atomic E-state index is 0.104. The van der Waals surface area contributed by atoms with E-state index in [2.05, 4.69) is 0 Å². The molecule has 2 aromatic rings. The van der Waals surface area contributed by atoms with E-state index in [9.17, 15) is 19.5 Å². The number of pyridine rings is 1. The van der Waals surface area contributed by atoms with Gasteiger partial charge in [-0.3, -0.25) is 14.4 Å². The number of carboxylic acids is 1. The molecule has 1 aromatic heterocycles. The lowest BCUT2D eigenvalue weighted by Gasteiger charge is -2.19. The van der Waals surface area contributed by atoms with Crippen molar-refractivity contribution in [3.8, 4) is 0 Å². The van der Waals surface area contributed by atoms with Crippen molar-refractivity contribution in [1.82, 2.24) is 9.47 Å². The number of carbonyl (C=O) groups is 2. The normalized spacial score (nSPS) is 19.3. The van der Waals surface area contributed by atoms with Gasteiger partial charge in [0.15, 0.2) is 0 Å². The Balaban J connectivity index is 1.97. The second-order valence-corrected chi connectivity index (χ2v) is 7.07. The van der Waals surface area contributed by atoms with Gasteiger partial charge >= 0.3 is 5.97 Å². The molecule has 6 heteroatoms. The average molecular weight is 368 g/mol. The lowest BCUT2D eigenvalue weighted by atomic mass is 9.89. The molecule has 0 saturated carbocycles. The molecule has 1 aromatic carbocycles. The molecule has 1 aliphatic heterocycles. The van der Waals surface area contributed by atoms with Crippen molar-refractivity contribution in [3.05, 3.63) is 69.1 Å². The number of amides is 1. The first kappa shape index (κ1) is 18.9. The van der Waals surface area contributed by atoms with Crippen molar-refractivity contribution in [3.63, 3.8) is 0 Å². The zero-order valence-corrected chi connectivity index (χ0v) is 15.8. The van der Waals surface area contributed by atoms with Crippen LogP contribution in [0.2, 0.25) is 0 Å². The number of aromatic nitrogens is 1. The fourth-order valence-electron chi connectivity index (χ4n) is 4.00. The van der Waals surface area contributed by atoms with Crippen LogP contribution in [0.15, 0.2) is 41.2 Å². The third kappa shape index (κ3) is 3.39. The van der Waals surface area contributed by atoms with Crippen LogP contribution in [-0.2, 0) is 11.3 Å². The summed E-state index contributed by atoms with van der Waals surface area (Å²) in [7, 11) is 0. The van der Waals surface area contributed by atoms with Gasteiger partial charge in [-0.05, 0) is 38.0 Å². The molecule has 0 unspecified atom stereocenters. The van der Waals surface area contributed by atoms with E-state index < -0.39 is 11.9 Å². The van der Waals surface area contributed by atoms with Crippen molar-refractivity contribution in [1.29, 1.82) is 0 Å². The van der Waals surface area contributed by atoms with Gasteiger partial charge in [-0.1, -0.05) is 30.3 Å². The van der Waals surface area contributed by atoms with E-state index in [1.165, 1.54) is 4.90 Å². The number of benzene rings is 1. The number of carbonyl (C=O) groups excluding carboxylic acids is 1. The highest BCUT2D eigenvalue weighted by molar-refractivity contribution is 5.96. The van der Waals surface area contributed by atoms with E-state index in [1.54, 1.807) is 11.5 Å². The van der Waals surface area contributed by atoms with Crippen molar-refractivity contribution < 1.29 is 14.7 Å². The third-order valence-electron chi connectivity index (χ3n) is 5.39. The molecule has 0 aliphatic carbocycles. The topological polar surface area (TPSA) is 79.6 Å². The van der Waals surface area contributed by atoms with Crippen molar-refractivity contribution in [2.75, 3.05) is 13.1 Å². The molecule has 6 nitrogen and oxygen atoms in total. The quantitative estimate of drug-likeness (QED) is 0.899. The third-order valence-corrected chi connectivity index (χ3v) is 5.39. The highest BCUT2D eigenvalue weighted by atomic mass is 16.4. The maximum atomic E-state index is 13.1. The van der Waals surface area contributed by atoms with Gasteiger partial charge < -0.3 is 14.6 Å². The zero-order chi connectivity index (χ0) is 19.7. The molecule has 2 atom stereocenters. The molecule has 0 spiro atoms. The molecular formula is C21H24N2O4. The van der Waals surface area contributed by atoms with Crippen LogP contribution in [0, 0.1) is 19.8 Å². The number of nitrogens with zero attached hydrogens (tertiary/aromatic N) is 2. The minimum Gasteiger partial charge on any atom is -0.481 e. The van der Waals surface area contributed by atoms with E-state index in [0.29, 0.717) is 18.7 Å². The summed E-state index contributed by atoms with van der Waals surface area (Å²) in [5.74, 6) is -2.28. The second-order valence-electron chi connectivity index (χ2n) is 7.07. The van der Waals surface area contributed by atoms with Crippen molar-refractivity contribution >= 4 is 11.9 Å². The van der Waals surface area contributed by atoms with Gasteiger partial charge in [0.05, 0.1) is 5.92 Å². The Morgan fingerprint density at radius 2 is 1.81 bits per heavy atom. The highest BCUT2D eigenvalue weighted by Gasteiger charge is 2.41. The first-order chi connectivity index (χ1) is 12.8. The summed E-state index contributed by atoms with van der Waals surface area (Å²) >= 11 is 0. The molecule has 0 radical (unpaired) electrons. The van der Waals surface area contributed by atoms with Crippen LogP contribution in [0.5, 0.6) is 0 Å². The zero-order valence-electron chi connectivity index (χ0n) is 15.8. The lowest BCUT2D eigenvalue weighted by molar-refractivity contribution is -0.141. The summed E-state index contributed by atoms with van der Waals surface area (Å²) < 4.78 is 1.57. The van der Waals surface area contributed by atoms with Crippen LogP contribution in [0.1, 0.15) is 40.0 Å². The van der Waals surface area contributed by atoms with Gasteiger partial charge in [0.1, 0.15) is 5.56 Å². The molecule has 2 heterocycles. The summed E-state index contributed by atoms with van der Waals surface area (Å²) in [5.41, 5.74) is 2.16. The molecule has 1 amide bonds. The number of rotatable bonds is 4. The Morgan fingerprint density at radius 1 is 1.15 bits per heavy atom. The minimum atomic E-state index is -0.925. The summed E-state index contributed by atoms with van der Waals surface area (Å²) in [6.45, 7) is 6.33. The summed E-state index contributed by atoms with van der Waals surface area (Å²) in [6.07, 6.45) is 0. The standard InChI is InChI=1S/C21H24N2O4/c1-4-23-14(3)10-13(2)18(20(23)25)19(24)22-11-16(17(12-22)21(26)27)15-8-6-5-7-9-15/h5-10,16-17H,4,11-12H2,1-3H3,(H,26,27)/t16-,17+/m0/s1. The number of aliphatic carboxylic acids is 1. The summed E-state index contributed by atoms with van der Waals surface area (Å²) in [4.78, 5) is 39.2. The second kappa shape index (κ2) is 7.39. The Bertz CT molecular complexity index is 933. The van der Waals surface area contributed by atoms with Gasteiger partial charge in [0, 0.05) is 31.2 Å². The predicted molar refractivity (Wildman–Crippen MR) is 102 cm³/mol. The van der Waals surface area contributed by atoms with Crippen molar-refractivity contribution in [2.24, 2.45) is 5.92 Å². The molecule has 142 valence electrons. The number of aryl methyl sites for hydroxylation is 2. The monoisotopic (exact) mass is 368 g/mol. The number of carboxylic acid groups (broad SMARTS) is 1. The van der Waals surface area contributed by atoms with Gasteiger partial charge in [-0.2, -0.15) is 0 Å². The number of likely N-dealkylation sites (tertiary alicyclic amines) is 1. The van der Waals surface area contributed by atoms with Crippen LogP contribution in [0.3, 0.4) is 0 Å². The fourth-order valence-corrected chi connectivity index (χ4v) is 4.00. The van der Waals surface area contributed by atoms with E-state index in [1.807, 2.05) is 50.2 Å². The van der Waals surface area contributed by atoms with Gasteiger partial charge in [0.2, 0.25) is 0 Å². The first-order valence-corrected chi connectivity index (χ1v) is 9.13. The van der Waals surface area contributed by atoms with E-state index in [4.69, 9.17) is 0 Å². The predicted octanol–water partition coefficient (Wildman–Crippen LogP) is 2.43. The Kier molecular flexibility index (Phi) is 5.17. The summed E-state index contributed by atoms with van der Waals surface area (Å²) in [5, 5.41) is 9.64. The number of hydrogen-bond donors (Lipinski definition) is 1. The van der Waals surface area contributed by atoms with Gasteiger partial charge in [0.25, 0.3) is 11.5 Å². The smallest absolute Gasteiger partial charge is 0.308 e. The lowest BCUT2D eigenvalue weighted by Crippen LogP contribution is -2.37. The van der Waals surface area contributed by atoms with Gasteiger partial charge in [-0.25, -0.2) is 0 Å². The molecular weight excluding hydrogens is 344 g/mol. The van der Waals surface area contributed by atoms with Gasteiger partial charge in [-0.15, -0.1) is 0 Å². The molecule has 1 aliphatic rings. The molecule has 0 bridgehead atoms. The van der Waals surface area contributed by atoms with Crippen LogP contribution in [0.4, 0.5) is 0 Å². The van der Waals surface area contributed by atoms with E-state index in [-0.39, 0.29) is 29.5 Å². The maximum Gasteiger partial charge on any atom is 0.308 e. The molecule has 3 rings (SSSR count). The van der Waals surface area contributed by atoms with Crippen LogP contribution in [-0.4, -0.2) is 39.5 Å². The molecule has 1 fully saturated rings. The number of hydrogen-bond acceptors (Lipinski definition) is 3. The first-order valence-electron chi connectivity index (χ1n) is 9.13. The Hall–Kier alpha value is -2.89. The largest absolute Gasteiger partial charge is 0.481 e. The van der Waals surface area contributed by atoms with Crippen molar-refractivity contribution in [2.45, 2.75) is 33.2 Å². The Labute approximate surface area is 158 Å². The Morgan fingerprint density at radius 3 is 2.41 bits per heavy atom. The average Bonchev–Trinajstić information content (AvgIpc) is 3.08. The summed E-state index contributed by atoms with van der Waals surface area (Å²) in [6, 6.07) is 11.2. The SMILES string of the molecule is CCn1c(C)cc(C)c(C(=O)N2C[C@@H](C(=O)O)[C@H](c3ccccc3)C2)c1=O. The van der Waals surface area contributed by atoms with E-state index >= 15 is 0 Å². The van der Waals surface area contributed by atoms with Crippen LogP contribution < -0.4 is 5.56 Å².